The number of aromatic amines is 1. The Morgan fingerprint density at radius 1 is 1.09 bits per heavy atom. The lowest BCUT2D eigenvalue weighted by molar-refractivity contribution is 0.0472. The third-order valence-corrected chi connectivity index (χ3v) is 3.34. The van der Waals surface area contributed by atoms with Gasteiger partial charge in [0.15, 0.2) is 5.82 Å². The van der Waals surface area contributed by atoms with Gasteiger partial charge in [-0.1, -0.05) is 24.3 Å². The summed E-state index contributed by atoms with van der Waals surface area (Å²) < 4.78 is 10.4. The first-order valence-electron chi connectivity index (χ1n) is 7.02. The standard InChI is InChI=1S/C17H15N3O3/c1-22-15-8-2-12(3-9-15)10-23-17(21)14-6-4-13(5-7-14)16-18-11-19-20-16/h2-9,11H,10H2,1H3,(H,18,19,20). The maximum absolute atomic E-state index is 12.1. The van der Waals surface area contributed by atoms with Gasteiger partial charge in [-0.05, 0) is 29.8 Å². The molecular formula is C17H15N3O3. The van der Waals surface area contributed by atoms with Gasteiger partial charge in [0.1, 0.15) is 18.7 Å². The number of hydrogen-bond acceptors (Lipinski definition) is 5. The summed E-state index contributed by atoms with van der Waals surface area (Å²) >= 11 is 0. The zero-order valence-electron chi connectivity index (χ0n) is 12.5. The average Bonchev–Trinajstić information content (AvgIpc) is 3.15. The Bertz CT molecular complexity index is 766. The fraction of sp³-hybridized carbons (Fsp3) is 0.118. The summed E-state index contributed by atoms with van der Waals surface area (Å²) in [5.41, 5.74) is 2.24. The summed E-state index contributed by atoms with van der Waals surface area (Å²) in [6.07, 6.45) is 1.44. The molecule has 2 aromatic carbocycles. The second-order valence-corrected chi connectivity index (χ2v) is 4.84. The van der Waals surface area contributed by atoms with Crippen LogP contribution in [0.25, 0.3) is 11.4 Å². The van der Waals surface area contributed by atoms with Gasteiger partial charge in [0.05, 0.1) is 12.7 Å². The molecule has 0 unspecified atom stereocenters. The molecule has 0 saturated carbocycles. The van der Waals surface area contributed by atoms with Crippen molar-refractivity contribution in [2.75, 3.05) is 7.11 Å². The van der Waals surface area contributed by atoms with Crippen molar-refractivity contribution in [3.8, 4) is 17.1 Å². The zero-order valence-corrected chi connectivity index (χ0v) is 12.5. The van der Waals surface area contributed by atoms with E-state index in [1.807, 2.05) is 24.3 Å². The zero-order chi connectivity index (χ0) is 16.1. The maximum Gasteiger partial charge on any atom is 0.338 e. The van der Waals surface area contributed by atoms with E-state index in [2.05, 4.69) is 15.2 Å². The predicted octanol–water partition coefficient (Wildman–Crippen LogP) is 2.84. The lowest BCUT2D eigenvalue weighted by Gasteiger charge is -2.06. The molecule has 1 aromatic heterocycles. The van der Waals surface area contributed by atoms with Gasteiger partial charge in [-0.3, -0.25) is 5.10 Å². The molecule has 0 radical (unpaired) electrons. The van der Waals surface area contributed by atoms with E-state index in [0.717, 1.165) is 16.9 Å². The lowest BCUT2D eigenvalue weighted by Crippen LogP contribution is -2.05. The molecule has 0 spiro atoms. The smallest absolute Gasteiger partial charge is 0.338 e. The Hall–Kier alpha value is -3.15. The van der Waals surface area contributed by atoms with Crippen LogP contribution in [0.15, 0.2) is 54.9 Å². The van der Waals surface area contributed by atoms with Crippen molar-refractivity contribution in [3.05, 3.63) is 66.0 Å². The second kappa shape index (κ2) is 6.74. The van der Waals surface area contributed by atoms with Crippen LogP contribution < -0.4 is 4.74 Å². The fourth-order valence-electron chi connectivity index (χ4n) is 2.06. The molecule has 116 valence electrons. The molecule has 1 heterocycles. The number of ether oxygens (including phenoxy) is 2. The first kappa shape index (κ1) is 14.8. The highest BCUT2D eigenvalue weighted by Gasteiger charge is 2.08. The molecule has 0 aliphatic rings. The van der Waals surface area contributed by atoms with E-state index in [9.17, 15) is 4.79 Å². The quantitative estimate of drug-likeness (QED) is 0.733. The minimum atomic E-state index is -0.370. The Labute approximate surface area is 133 Å². The van der Waals surface area contributed by atoms with Crippen molar-refractivity contribution in [3.63, 3.8) is 0 Å². The van der Waals surface area contributed by atoms with Crippen molar-refractivity contribution in [1.82, 2.24) is 15.2 Å². The van der Waals surface area contributed by atoms with Gasteiger partial charge in [-0.15, -0.1) is 0 Å². The molecule has 1 N–H and O–H groups in total. The Morgan fingerprint density at radius 3 is 2.43 bits per heavy atom. The third kappa shape index (κ3) is 3.55. The molecule has 0 saturated heterocycles. The molecule has 0 fully saturated rings. The number of carbonyl (C=O) groups is 1. The van der Waals surface area contributed by atoms with Gasteiger partial charge in [0, 0.05) is 5.56 Å². The van der Waals surface area contributed by atoms with Crippen LogP contribution in [0, 0.1) is 0 Å². The molecule has 0 bridgehead atoms. The fourth-order valence-corrected chi connectivity index (χ4v) is 2.06. The molecule has 6 nitrogen and oxygen atoms in total. The largest absolute Gasteiger partial charge is 0.497 e. The first-order chi connectivity index (χ1) is 11.3. The molecule has 0 aliphatic heterocycles. The molecule has 3 rings (SSSR count). The van der Waals surface area contributed by atoms with Crippen molar-refractivity contribution in [2.45, 2.75) is 6.61 Å². The molecule has 0 atom stereocenters. The van der Waals surface area contributed by atoms with Crippen LogP contribution in [-0.4, -0.2) is 28.3 Å². The summed E-state index contributed by atoms with van der Waals surface area (Å²) in [6, 6.07) is 14.4. The van der Waals surface area contributed by atoms with E-state index in [0.29, 0.717) is 11.4 Å². The van der Waals surface area contributed by atoms with Crippen molar-refractivity contribution in [2.24, 2.45) is 0 Å². The summed E-state index contributed by atoms with van der Waals surface area (Å²) in [5, 5.41) is 6.57. The van der Waals surface area contributed by atoms with E-state index in [4.69, 9.17) is 9.47 Å². The number of benzene rings is 2. The van der Waals surface area contributed by atoms with Crippen molar-refractivity contribution < 1.29 is 14.3 Å². The molecule has 3 aromatic rings. The lowest BCUT2D eigenvalue weighted by atomic mass is 10.1. The van der Waals surface area contributed by atoms with E-state index in [1.165, 1.54) is 6.33 Å². The summed E-state index contributed by atoms with van der Waals surface area (Å²) in [4.78, 5) is 16.1. The van der Waals surface area contributed by atoms with Crippen LogP contribution in [0.5, 0.6) is 5.75 Å². The molecule has 23 heavy (non-hydrogen) atoms. The Morgan fingerprint density at radius 2 is 1.83 bits per heavy atom. The van der Waals surface area contributed by atoms with Gasteiger partial charge in [0.2, 0.25) is 0 Å². The van der Waals surface area contributed by atoms with Crippen molar-refractivity contribution in [1.29, 1.82) is 0 Å². The third-order valence-electron chi connectivity index (χ3n) is 3.34. The summed E-state index contributed by atoms with van der Waals surface area (Å²) in [5.74, 6) is 1.05. The number of methoxy groups -OCH3 is 1. The minimum absolute atomic E-state index is 0.215. The van der Waals surface area contributed by atoms with Crippen LogP contribution in [0.3, 0.4) is 0 Å². The van der Waals surface area contributed by atoms with E-state index in [-0.39, 0.29) is 12.6 Å². The van der Waals surface area contributed by atoms with Crippen LogP contribution >= 0.6 is 0 Å². The van der Waals surface area contributed by atoms with Gasteiger partial charge in [0.25, 0.3) is 0 Å². The molecule has 0 amide bonds. The Kier molecular flexibility index (Phi) is 4.33. The Balaban J connectivity index is 1.61. The molecule has 0 aliphatic carbocycles. The van der Waals surface area contributed by atoms with E-state index < -0.39 is 0 Å². The van der Waals surface area contributed by atoms with E-state index >= 15 is 0 Å². The van der Waals surface area contributed by atoms with Gasteiger partial charge in [-0.25, -0.2) is 9.78 Å². The highest BCUT2D eigenvalue weighted by molar-refractivity contribution is 5.89. The van der Waals surface area contributed by atoms with Gasteiger partial charge in [-0.2, -0.15) is 5.10 Å². The SMILES string of the molecule is COc1ccc(COC(=O)c2ccc(-c3ncn[nH]3)cc2)cc1. The number of nitrogens with one attached hydrogen (secondary N) is 1. The first-order valence-corrected chi connectivity index (χ1v) is 7.02. The average molecular weight is 309 g/mol. The predicted molar refractivity (Wildman–Crippen MR) is 83.9 cm³/mol. The monoisotopic (exact) mass is 309 g/mol. The minimum Gasteiger partial charge on any atom is -0.497 e. The highest BCUT2D eigenvalue weighted by Crippen LogP contribution is 2.16. The normalized spacial score (nSPS) is 10.3. The topological polar surface area (TPSA) is 77.1 Å². The molecular weight excluding hydrogens is 294 g/mol. The van der Waals surface area contributed by atoms with Crippen LogP contribution in [0.1, 0.15) is 15.9 Å². The molecule has 6 heteroatoms. The number of nitrogens with zero attached hydrogens (tertiary/aromatic N) is 2. The van der Waals surface area contributed by atoms with Crippen LogP contribution in [0.2, 0.25) is 0 Å². The van der Waals surface area contributed by atoms with Crippen LogP contribution in [0.4, 0.5) is 0 Å². The second-order valence-electron chi connectivity index (χ2n) is 4.84. The highest BCUT2D eigenvalue weighted by atomic mass is 16.5. The number of carbonyl (C=O) groups excluding carboxylic acids is 1. The maximum atomic E-state index is 12.1. The van der Waals surface area contributed by atoms with Gasteiger partial charge >= 0.3 is 5.97 Å². The summed E-state index contributed by atoms with van der Waals surface area (Å²) in [7, 11) is 1.61. The number of esters is 1. The number of H-pyrrole nitrogens is 1. The van der Waals surface area contributed by atoms with Crippen LogP contribution in [-0.2, 0) is 11.3 Å². The van der Waals surface area contributed by atoms with Gasteiger partial charge < -0.3 is 9.47 Å². The number of rotatable bonds is 5. The number of hydrogen-bond donors (Lipinski definition) is 1. The van der Waals surface area contributed by atoms with E-state index in [1.54, 1.807) is 31.4 Å². The number of aromatic nitrogens is 3. The summed E-state index contributed by atoms with van der Waals surface area (Å²) in [6.45, 7) is 0.215. The van der Waals surface area contributed by atoms with Crippen molar-refractivity contribution >= 4 is 5.97 Å².